The second-order valence-electron chi connectivity index (χ2n) is 3.70. The van der Waals surface area contributed by atoms with E-state index in [4.69, 9.17) is 0 Å². The lowest BCUT2D eigenvalue weighted by atomic mass is 10.0. The Morgan fingerprint density at radius 2 is 2.21 bits per heavy atom. The van der Waals surface area contributed by atoms with Gasteiger partial charge in [0.25, 0.3) is 0 Å². The summed E-state index contributed by atoms with van der Waals surface area (Å²) in [5, 5.41) is 3.52. The second-order valence-corrected chi connectivity index (χ2v) is 3.70. The molecule has 1 aromatic heterocycles. The predicted octanol–water partition coefficient (Wildman–Crippen LogP) is 2.28. The summed E-state index contributed by atoms with van der Waals surface area (Å²) < 4.78 is 0. The lowest BCUT2D eigenvalue weighted by Gasteiger charge is -2.17. The molecule has 1 aromatic rings. The highest BCUT2D eigenvalue weighted by Crippen LogP contribution is 2.10. The minimum absolute atomic E-state index is 0.567. The molecule has 0 fully saturated rings. The van der Waals surface area contributed by atoms with E-state index in [1.807, 2.05) is 12.4 Å². The first-order valence-electron chi connectivity index (χ1n) is 5.24. The lowest BCUT2D eigenvalue weighted by Crippen LogP contribution is -2.27. The van der Waals surface area contributed by atoms with Crippen molar-refractivity contribution in [2.45, 2.75) is 31.8 Å². The van der Waals surface area contributed by atoms with Crippen LogP contribution in [-0.4, -0.2) is 11.0 Å². The molecule has 2 heteroatoms. The number of hydrogen-bond acceptors (Lipinski definition) is 2. The molecule has 1 aliphatic rings. The summed E-state index contributed by atoms with van der Waals surface area (Å²) in [4.78, 5) is 4.00. The van der Waals surface area contributed by atoms with Gasteiger partial charge in [-0.15, -0.1) is 0 Å². The average Bonchev–Trinajstić information content (AvgIpc) is 2.29. The number of rotatable bonds is 3. The Morgan fingerprint density at radius 3 is 2.93 bits per heavy atom. The fraction of sp³-hybridized carbons (Fsp3) is 0.417. The van der Waals surface area contributed by atoms with Crippen molar-refractivity contribution in [1.82, 2.24) is 10.3 Å². The van der Waals surface area contributed by atoms with Crippen molar-refractivity contribution in [1.29, 1.82) is 0 Å². The Kier molecular flexibility index (Phi) is 3.30. The molecule has 0 bridgehead atoms. The molecule has 0 radical (unpaired) electrons. The van der Waals surface area contributed by atoms with Gasteiger partial charge in [0, 0.05) is 25.0 Å². The van der Waals surface area contributed by atoms with Crippen molar-refractivity contribution in [3.8, 4) is 0 Å². The quantitative estimate of drug-likeness (QED) is 0.736. The van der Waals surface area contributed by atoms with Crippen LogP contribution in [0.4, 0.5) is 0 Å². The van der Waals surface area contributed by atoms with E-state index in [0.29, 0.717) is 6.04 Å². The molecule has 0 amide bonds. The normalized spacial score (nSPS) is 21.0. The molecule has 0 saturated carbocycles. The average molecular weight is 188 g/mol. The highest BCUT2D eigenvalue weighted by molar-refractivity contribution is 5.10. The van der Waals surface area contributed by atoms with Gasteiger partial charge in [-0.05, 0) is 37.0 Å². The molecule has 0 spiro atoms. The first-order valence-corrected chi connectivity index (χ1v) is 5.24. The fourth-order valence-corrected chi connectivity index (χ4v) is 1.73. The molecule has 1 N–H and O–H groups in total. The first kappa shape index (κ1) is 9.41. The van der Waals surface area contributed by atoms with E-state index in [0.717, 1.165) is 6.54 Å². The van der Waals surface area contributed by atoms with Crippen LogP contribution in [0.2, 0.25) is 0 Å². The second kappa shape index (κ2) is 4.91. The third kappa shape index (κ3) is 2.67. The lowest BCUT2D eigenvalue weighted by molar-refractivity contribution is 0.522. The zero-order valence-electron chi connectivity index (χ0n) is 8.32. The van der Waals surface area contributed by atoms with Crippen molar-refractivity contribution < 1.29 is 0 Å². The van der Waals surface area contributed by atoms with Gasteiger partial charge in [-0.2, -0.15) is 0 Å². The van der Waals surface area contributed by atoms with E-state index >= 15 is 0 Å². The first-order chi connectivity index (χ1) is 6.95. The number of allylic oxidation sites excluding steroid dienone is 1. The molecule has 2 nitrogen and oxygen atoms in total. The van der Waals surface area contributed by atoms with Gasteiger partial charge in [-0.1, -0.05) is 12.2 Å². The van der Waals surface area contributed by atoms with Crippen LogP contribution in [0.1, 0.15) is 24.8 Å². The van der Waals surface area contributed by atoms with Crippen LogP contribution >= 0.6 is 0 Å². The molecule has 14 heavy (non-hydrogen) atoms. The monoisotopic (exact) mass is 188 g/mol. The van der Waals surface area contributed by atoms with Crippen molar-refractivity contribution >= 4 is 0 Å². The van der Waals surface area contributed by atoms with Crippen molar-refractivity contribution in [3.05, 3.63) is 42.2 Å². The van der Waals surface area contributed by atoms with Gasteiger partial charge >= 0.3 is 0 Å². The highest BCUT2D eigenvalue weighted by atomic mass is 14.9. The van der Waals surface area contributed by atoms with Crippen LogP contribution in [0, 0.1) is 0 Å². The summed E-state index contributed by atoms with van der Waals surface area (Å²) in [6.45, 7) is 0.942. The SMILES string of the molecule is C1=CC(NCc2ccncc2)CCC1. The van der Waals surface area contributed by atoms with Crippen LogP contribution in [0.5, 0.6) is 0 Å². The molecule has 0 aliphatic heterocycles. The van der Waals surface area contributed by atoms with Crippen LogP contribution in [-0.2, 0) is 6.54 Å². The summed E-state index contributed by atoms with van der Waals surface area (Å²) >= 11 is 0. The molecule has 1 atom stereocenters. The van der Waals surface area contributed by atoms with Gasteiger partial charge in [-0.25, -0.2) is 0 Å². The highest BCUT2D eigenvalue weighted by Gasteiger charge is 2.06. The maximum absolute atomic E-state index is 4.00. The number of pyridine rings is 1. The Bertz CT molecular complexity index is 292. The molecule has 0 saturated heterocycles. The Labute approximate surface area is 85.1 Å². The number of nitrogens with one attached hydrogen (secondary N) is 1. The van der Waals surface area contributed by atoms with Crippen LogP contribution in [0.25, 0.3) is 0 Å². The van der Waals surface area contributed by atoms with Gasteiger partial charge in [-0.3, -0.25) is 4.98 Å². The summed E-state index contributed by atoms with van der Waals surface area (Å²) in [6.07, 6.45) is 12.1. The minimum Gasteiger partial charge on any atom is -0.306 e. The predicted molar refractivity (Wildman–Crippen MR) is 57.9 cm³/mol. The van der Waals surface area contributed by atoms with Crippen molar-refractivity contribution in [2.75, 3.05) is 0 Å². The standard InChI is InChI=1S/C12H16N2/c1-2-4-12(5-3-1)14-10-11-6-8-13-9-7-11/h2,4,6-9,12,14H,1,3,5,10H2. The molecular weight excluding hydrogens is 172 g/mol. The van der Waals surface area contributed by atoms with Crippen molar-refractivity contribution in [2.24, 2.45) is 0 Å². The maximum Gasteiger partial charge on any atom is 0.0271 e. The largest absolute Gasteiger partial charge is 0.306 e. The van der Waals surface area contributed by atoms with Gasteiger partial charge in [0.2, 0.25) is 0 Å². The fourth-order valence-electron chi connectivity index (χ4n) is 1.73. The summed E-state index contributed by atoms with van der Waals surface area (Å²) in [5.41, 5.74) is 1.30. The zero-order valence-corrected chi connectivity index (χ0v) is 8.32. The van der Waals surface area contributed by atoms with E-state index in [9.17, 15) is 0 Å². The number of nitrogens with zero attached hydrogens (tertiary/aromatic N) is 1. The van der Waals surface area contributed by atoms with E-state index in [2.05, 4.69) is 34.6 Å². The van der Waals surface area contributed by atoms with E-state index in [1.54, 1.807) is 0 Å². The summed E-state index contributed by atoms with van der Waals surface area (Å²) in [6, 6.07) is 4.68. The Balaban J connectivity index is 1.82. The molecule has 74 valence electrons. The zero-order chi connectivity index (χ0) is 9.64. The molecule has 1 aliphatic carbocycles. The van der Waals surface area contributed by atoms with E-state index in [-0.39, 0.29) is 0 Å². The van der Waals surface area contributed by atoms with Gasteiger partial charge in [0.15, 0.2) is 0 Å². The maximum atomic E-state index is 4.00. The minimum atomic E-state index is 0.567. The topological polar surface area (TPSA) is 24.9 Å². The summed E-state index contributed by atoms with van der Waals surface area (Å²) in [7, 11) is 0. The van der Waals surface area contributed by atoms with Crippen molar-refractivity contribution in [3.63, 3.8) is 0 Å². The third-order valence-corrected chi connectivity index (χ3v) is 2.57. The Morgan fingerprint density at radius 1 is 1.36 bits per heavy atom. The molecule has 2 rings (SSSR count). The van der Waals surface area contributed by atoms with Gasteiger partial charge in [0.1, 0.15) is 0 Å². The van der Waals surface area contributed by atoms with E-state index in [1.165, 1.54) is 24.8 Å². The van der Waals surface area contributed by atoms with Crippen LogP contribution < -0.4 is 5.32 Å². The van der Waals surface area contributed by atoms with Crippen LogP contribution in [0.3, 0.4) is 0 Å². The van der Waals surface area contributed by atoms with Crippen LogP contribution in [0.15, 0.2) is 36.7 Å². The molecule has 1 heterocycles. The number of aromatic nitrogens is 1. The molecule has 1 unspecified atom stereocenters. The third-order valence-electron chi connectivity index (χ3n) is 2.57. The van der Waals surface area contributed by atoms with Gasteiger partial charge < -0.3 is 5.32 Å². The number of hydrogen-bond donors (Lipinski definition) is 1. The Hall–Kier alpha value is -1.15. The smallest absolute Gasteiger partial charge is 0.0271 e. The van der Waals surface area contributed by atoms with Gasteiger partial charge in [0.05, 0.1) is 0 Å². The molecule has 0 aromatic carbocycles. The molecular formula is C12H16N2. The summed E-state index contributed by atoms with van der Waals surface area (Å²) in [5.74, 6) is 0. The van der Waals surface area contributed by atoms with E-state index < -0.39 is 0 Å².